The minimum atomic E-state index is -0.0997. The molecule has 0 unspecified atom stereocenters. The van der Waals surface area contributed by atoms with Gasteiger partial charge in [0.2, 0.25) is 0 Å². The van der Waals surface area contributed by atoms with Crippen LogP contribution in [0.15, 0.2) is 78.3 Å². The first-order valence-electron chi connectivity index (χ1n) is 10.6. The maximum Gasteiger partial charge on any atom is 0.255 e. The number of carbonyl (C=O) groups excluding carboxylic acids is 1. The van der Waals surface area contributed by atoms with E-state index in [-0.39, 0.29) is 5.91 Å². The molecule has 0 radical (unpaired) electrons. The van der Waals surface area contributed by atoms with Gasteiger partial charge in [0.15, 0.2) is 0 Å². The predicted molar refractivity (Wildman–Crippen MR) is 128 cm³/mol. The lowest BCUT2D eigenvalue weighted by molar-refractivity contribution is 0.0953. The Hall–Kier alpha value is -3.71. The number of hydrogen-bond donors (Lipinski definition) is 2. The van der Waals surface area contributed by atoms with E-state index in [1.807, 2.05) is 70.9 Å². The zero-order valence-corrected chi connectivity index (χ0v) is 18.3. The number of aromatic nitrogens is 4. The second-order valence-electron chi connectivity index (χ2n) is 7.61. The van der Waals surface area contributed by atoms with Crippen LogP contribution in [0, 0.1) is 0 Å². The summed E-state index contributed by atoms with van der Waals surface area (Å²) in [6.07, 6.45) is 3.43. The Morgan fingerprint density at radius 2 is 1.88 bits per heavy atom. The van der Waals surface area contributed by atoms with Crippen LogP contribution in [0.3, 0.4) is 0 Å². The van der Waals surface area contributed by atoms with Crippen LogP contribution in [0.2, 0.25) is 0 Å². The number of para-hydroxylation sites is 2. The van der Waals surface area contributed by atoms with Gasteiger partial charge in [0.05, 0.1) is 28.0 Å². The Balaban J connectivity index is 1.25. The number of fused-ring (bicyclic) bond motifs is 1. The maximum absolute atomic E-state index is 13.0. The summed E-state index contributed by atoms with van der Waals surface area (Å²) in [5.41, 5.74) is 4.49. The highest BCUT2D eigenvalue weighted by atomic mass is 32.1. The number of aryl methyl sites for hydroxylation is 1. The molecule has 0 aliphatic carbocycles. The van der Waals surface area contributed by atoms with E-state index in [0.29, 0.717) is 18.7 Å². The van der Waals surface area contributed by atoms with Crippen molar-refractivity contribution in [3.05, 3.63) is 95.3 Å². The fraction of sp³-hybridized carbons (Fsp3) is 0.160. The number of aromatic amines is 1. The molecular weight excluding hydrogens is 418 g/mol. The Labute approximate surface area is 189 Å². The average molecular weight is 442 g/mol. The molecule has 160 valence electrons. The first-order valence-corrected chi connectivity index (χ1v) is 11.5. The monoisotopic (exact) mass is 441 g/mol. The van der Waals surface area contributed by atoms with Crippen LogP contribution in [0.4, 0.5) is 0 Å². The highest BCUT2D eigenvalue weighted by Crippen LogP contribution is 2.27. The van der Waals surface area contributed by atoms with Gasteiger partial charge in [0.1, 0.15) is 11.5 Å². The van der Waals surface area contributed by atoms with Crippen molar-refractivity contribution in [1.29, 1.82) is 0 Å². The van der Waals surface area contributed by atoms with E-state index in [1.165, 1.54) is 0 Å². The molecule has 0 saturated carbocycles. The van der Waals surface area contributed by atoms with Crippen LogP contribution >= 0.6 is 11.3 Å². The lowest BCUT2D eigenvalue weighted by atomic mass is 10.2. The van der Waals surface area contributed by atoms with Gasteiger partial charge in [-0.15, -0.1) is 11.3 Å². The summed E-state index contributed by atoms with van der Waals surface area (Å²) < 4.78 is 1.84. The van der Waals surface area contributed by atoms with Crippen LogP contribution < -0.4 is 5.32 Å². The molecule has 7 heteroatoms. The van der Waals surface area contributed by atoms with Gasteiger partial charge in [-0.3, -0.25) is 9.48 Å². The third-order valence-corrected chi connectivity index (χ3v) is 6.14. The van der Waals surface area contributed by atoms with E-state index >= 15 is 0 Å². The number of thiophene rings is 1. The number of amides is 1. The third-order valence-electron chi connectivity index (χ3n) is 5.26. The van der Waals surface area contributed by atoms with Gasteiger partial charge < -0.3 is 10.3 Å². The summed E-state index contributed by atoms with van der Waals surface area (Å²) in [6, 6.07) is 22.1. The molecule has 0 aliphatic heterocycles. The third kappa shape index (κ3) is 4.48. The number of hydrogen-bond acceptors (Lipinski definition) is 4. The molecule has 0 aliphatic rings. The van der Waals surface area contributed by atoms with E-state index in [2.05, 4.69) is 27.4 Å². The van der Waals surface area contributed by atoms with Crippen molar-refractivity contribution < 1.29 is 4.79 Å². The van der Waals surface area contributed by atoms with Gasteiger partial charge in [0.25, 0.3) is 5.91 Å². The predicted octanol–water partition coefficient (Wildman–Crippen LogP) is 4.90. The summed E-state index contributed by atoms with van der Waals surface area (Å²) >= 11 is 1.59. The zero-order chi connectivity index (χ0) is 21.8. The van der Waals surface area contributed by atoms with Gasteiger partial charge in [-0.1, -0.05) is 48.5 Å². The first kappa shape index (κ1) is 20.2. The standard InChI is InChI=1S/C25H23N5OS/c31-25(26-14-6-13-23-27-20-10-4-5-11-21(20)28-23)19-17-30(16-18-8-2-1-3-9-18)29-24(19)22-12-7-15-32-22/h1-5,7-12,15,17H,6,13-14,16H2,(H,26,31)(H,27,28). The van der Waals surface area contributed by atoms with Crippen LogP contribution in [0.25, 0.3) is 21.6 Å². The van der Waals surface area contributed by atoms with Crippen LogP contribution in [-0.2, 0) is 13.0 Å². The molecule has 32 heavy (non-hydrogen) atoms. The summed E-state index contributed by atoms with van der Waals surface area (Å²) in [5, 5.41) is 9.77. The second-order valence-corrected chi connectivity index (χ2v) is 8.56. The molecule has 0 atom stereocenters. The van der Waals surface area contributed by atoms with Crippen molar-refractivity contribution >= 4 is 28.3 Å². The SMILES string of the molecule is O=C(NCCCc1nc2ccccc2[nH]1)c1cn(Cc2ccccc2)nc1-c1cccs1. The number of nitrogens with one attached hydrogen (secondary N) is 2. The summed E-state index contributed by atoms with van der Waals surface area (Å²) in [7, 11) is 0. The summed E-state index contributed by atoms with van der Waals surface area (Å²) in [4.78, 5) is 21.9. The minimum Gasteiger partial charge on any atom is -0.352 e. The molecule has 0 bridgehead atoms. The van der Waals surface area contributed by atoms with Crippen molar-refractivity contribution in [2.45, 2.75) is 19.4 Å². The molecule has 6 nitrogen and oxygen atoms in total. The zero-order valence-electron chi connectivity index (χ0n) is 17.5. The lowest BCUT2D eigenvalue weighted by Crippen LogP contribution is -2.25. The minimum absolute atomic E-state index is 0.0997. The molecule has 5 aromatic rings. The molecule has 3 heterocycles. The highest BCUT2D eigenvalue weighted by molar-refractivity contribution is 7.13. The van der Waals surface area contributed by atoms with Gasteiger partial charge in [0, 0.05) is 19.2 Å². The first-order chi connectivity index (χ1) is 15.8. The summed E-state index contributed by atoms with van der Waals surface area (Å²) in [6.45, 7) is 1.20. The summed E-state index contributed by atoms with van der Waals surface area (Å²) in [5.74, 6) is 0.840. The number of rotatable bonds is 8. The number of benzene rings is 2. The number of nitrogens with zero attached hydrogens (tertiary/aromatic N) is 3. The normalized spacial score (nSPS) is 11.1. The molecule has 0 spiro atoms. The molecule has 3 aromatic heterocycles. The van der Waals surface area contributed by atoms with Gasteiger partial charge in [-0.2, -0.15) is 5.10 Å². The maximum atomic E-state index is 13.0. The second kappa shape index (κ2) is 9.20. The van der Waals surface area contributed by atoms with Crippen LogP contribution in [0.5, 0.6) is 0 Å². The number of carbonyl (C=O) groups is 1. The van der Waals surface area contributed by atoms with E-state index < -0.39 is 0 Å². The number of H-pyrrole nitrogens is 1. The van der Waals surface area contributed by atoms with Gasteiger partial charge in [-0.05, 0) is 35.6 Å². The van der Waals surface area contributed by atoms with Gasteiger partial charge >= 0.3 is 0 Å². The quantitative estimate of drug-likeness (QED) is 0.336. The molecule has 2 N–H and O–H groups in total. The smallest absolute Gasteiger partial charge is 0.255 e. The van der Waals surface area contributed by atoms with Crippen molar-refractivity contribution in [2.75, 3.05) is 6.54 Å². The molecule has 1 amide bonds. The highest BCUT2D eigenvalue weighted by Gasteiger charge is 2.18. The van der Waals surface area contributed by atoms with E-state index in [1.54, 1.807) is 11.3 Å². The Morgan fingerprint density at radius 1 is 1.03 bits per heavy atom. The molecule has 5 rings (SSSR count). The molecule has 0 fully saturated rings. The molecule has 0 saturated heterocycles. The Bertz CT molecular complexity index is 1290. The topological polar surface area (TPSA) is 75.6 Å². The van der Waals surface area contributed by atoms with E-state index in [4.69, 9.17) is 5.10 Å². The van der Waals surface area contributed by atoms with Crippen LogP contribution in [0.1, 0.15) is 28.2 Å². The average Bonchev–Trinajstić information content (AvgIpc) is 3.56. The number of imidazole rings is 1. The molecular formula is C25H23N5OS. The lowest BCUT2D eigenvalue weighted by Gasteiger charge is -2.04. The largest absolute Gasteiger partial charge is 0.352 e. The molecule has 2 aromatic carbocycles. The van der Waals surface area contributed by atoms with Crippen molar-refractivity contribution in [2.24, 2.45) is 0 Å². The Morgan fingerprint density at radius 3 is 2.69 bits per heavy atom. The van der Waals surface area contributed by atoms with Crippen molar-refractivity contribution in [3.8, 4) is 10.6 Å². The van der Waals surface area contributed by atoms with Crippen LogP contribution in [-0.4, -0.2) is 32.2 Å². The van der Waals surface area contributed by atoms with Crippen molar-refractivity contribution in [1.82, 2.24) is 25.1 Å². The van der Waals surface area contributed by atoms with Crippen molar-refractivity contribution in [3.63, 3.8) is 0 Å². The van der Waals surface area contributed by atoms with E-state index in [9.17, 15) is 4.79 Å². The van der Waals surface area contributed by atoms with E-state index in [0.717, 1.165) is 45.8 Å². The fourth-order valence-corrected chi connectivity index (χ4v) is 4.43. The van der Waals surface area contributed by atoms with Gasteiger partial charge in [-0.25, -0.2) is 4.98 Å². The fourth-order valence-electron chi connectivity index (χ4n) is 3.71. The Kier molecular flexibility index (Phi) is 5.81.